The highest BCUT2D eigenvalue weighted by atomic mass is 16.5. The molecule has 1 N–H and O–H groups in total. The zero-order chi connectivity index (χ0) is 17.7. The Kier molecular flexibility index (Phi) is 3.02. The molecule has 0 radical (unpaired) electrons. The Hall–Kier alpha value is -3.75. The lowest BCUT2D eigenvalue weighted by atomic mass is 10.1. The normalized spacial score (nSPS) is 11.5. The number of aromatic amines is 1. The molecule has 0 saturated heterocycles. The molecule has 4 heterocycles. The molecule has 9 nitrogen and oxygen atoms in total. The molecule has 0 aliphatic heterocycles. The highest BCUT2D eigenvalue weighted by Gasteiger charge is 2.14. The van der Waals surface area contributed by atoms with Gasteiger partial charge in [0.2, 0.25) is 0 Å². The van der Waals surface area contributed by atoms with Crippen molar-refractivity contribution in [3.05, 3.63) is 42.9 Å². The molecule has 0 spiro atoms. The van der Waals surface area contributed by atoms with Crippen molar-refractivity contribution in [3.8, 4) is 28.5 Å². The fourth-order valence-corrected chi connectivity index (χ4v) is 2.92. The molecule has 5 rings (SSSR count). The van der Waals surface area contributed by atoms with Crippen molar-refractivity contribution in [2.45, 2.75) is 0 Å². The van der Waals surface area contributed by atoms with E-state index in [0.29, 0.717) is 11.5 Å². The molecule has 0 atom stereocenters. The van der Waals surface area contributed by atoms with Gasteiger partial charge in [0.1, 0.15) is 17.8 Å². The lowest BCUT2D eigenvalue weighted by molar-refractivity contribution is 0.415. The minimum Gasteiger partial charge on any atom is -0.497 e. The average Bonchev–Trinajstić information content (AvgIpc) is 3.39. The van der Waals surface area contributed by atoms with Gasteiger partial charge in [0.05, 0.1) is 24.4 Å². The van der Waals surface area contributed by atoms with Crippen molar-refractivity contribution in [1.82, 2.24) is 39.6 Å². The predicted molar refractivity (Wildman–Crippen MR) is 94.6 cm³/mol. The minimum absolute atomic E-state index is 0.546. The van der Waals surface area contributed by atoms with Crippen LogP contribution in [0.15, 0.2) is 42.9 Å². The molecule has 26 heavy (non-hydrogen) atoms. The van der Waals surface area contributed by atoms with E-state index in [4.69, 9.17) is 4.74 Å². The second kappa shape index (κ2) is 5.38. The quantitative estimate of drug-likeness (QED) is 0.537. The van der Waals surface area contributed by atoms with Crippen LogP contribution in [0.5, 0.6) is 5.75 Å². The number of hydrogen-bond donors (Lipinski definition) is 1. The Labute approximate surface area is 147 Å². The Morgan fingerprint density at radius 1 is 1.15 bits per heavy atom. The molecular formula is C17H14N8O. The third-order valence-electron chi connectivity index (χ3n) is 4.25. The summed E-state index contributed by atoms with van der Waals surface area (Å²) in [5.41, 5.74) is 3.94. The summed E-state index contributed by atoms with van der Waals surface area (Å²) < 4.78 is 8.62. The molecule has 0 fully saturated rings. The van der Waals surface area contributed by atoms with E-state index in [-0.39, 0.29) is 0 Å². The van der Waals surface area contributed by atoms with Gasteiger partial charge in [-0.05, 0) is 18.2 Å². The first-order chi connectivity index (χ1) is 12.7. The lowest BCUT2D eigenvalue weighted by Crippen LogP contribution is -1.94. The van der Waals surface area contributed by atoms with Crippen LogP contribution in [0.3, 0.4) is 0 Å². The number of aromatic nitrogens is 8. The summed E-state index contributed by atoms with van der Waals surface area (Å²) >= 11 is 0. The SMILES string of the molecule is COc1cccc(-c2cc(-c3nc4c5cnn(C)c5ncn4n3)[nH]n2)c1. The maximum Gasteiger partial charge on any atom is 0.200 e. The van der Waals surface area contributed by atoms with Crippen LogP contribution in [0.1, 0.15) is 0 Å². The zero-order valence-electron chi connectivity index (χ0n) is 14.1. The van der Waals surface area contributed by atoms with Crippen LogP contribution in [0.25, 0.3) is 39.5 Å². The Morgan fingerprint density at radius 3 is 2.96 bits per heavy atom. The van der Waals surface area contributed by atoms with E-state index in [9.17, 15) is 0 Å². The first-order valence-electron chi connectivity index (χ1n) is 7.96. The van der Waals surface area contributed by atoms with Gasteiger partial charge < -0.3 is 4.74 Å². The third kappa shape index (κ3) is 2.14. The van der Waals surface area contributed by atoms with Crippen LogP contribution in [-0.4, -0.2) is 46.7 Å². The standard InChI is InChI=1S/C17H14N8O/c1-24-16-12(8-19-24)17-20-15(23-25(17)9-18-16)14-7-13(21-22-14)10-4-3-5-11(6-10)26-2/h3-9H,1-2H3,(H,21,22). The smallest absolute Gasteiger partial charge is 0.200 e. The Bertz CT molecular complexity index is 1250. The second-order valence-corrected chi connectivity index (χ2v) is 5.85. The number of aryl methyl sites for hydroxylation is 1. The van der Waals surface area contributed by atoms with Crippen molar-refractivity contribution in [3.63, 3.8) is 0 Å². The molecule has 0 aliphatic carbocycles. The Morgan fingerprint density at radius 2 is 2.08 bits per heavy atom. The van der Waals surface area contributed by atoms with E-state index in [1.54, 1.807) is 28.8 Å². The summed E-state index contributed by atoms with van der Waals surface area (Å²) in [6.45, 7) is 0. The summed E-state index contributed by atoms with van der Waals surface area (Å²) in [5.74, 6) is 1.33. The second-order valence-electron chi connectivity index (χ2n) is 5.85. The van der Waals surface area contributed by atoms with Crippen LogP contribution in [0.4, 0.5) is 0 Å². The van der Waals surface area contributed by atoms with E-state index in [0.717, 1.165) is 33.7 Å². The van der Waals surface area contributed by atoms with Crippen LogP contribution in [0.2, 0.25) is 0 Å². The first kappa shape index (κ1) is 14.6. The number of fused-ring (bicyclic) bond motifs is 3. The monoisotopic (exact) mass is 346 g/mol. The highest BCUT2D eigenvalue weighted by Crippen LogP contribution is 2.26. The largest absolute Gasteiger partial charge is 0.497 e. The fraction of sp³-hybridized carbons (Fsp3) is 0.118. The van der Waals surface area contributed by atoms with Crippen LogP contribution in [-0.2, 0) is 7.05 Å². The number of nitrogens with one attached hydrogen (secondary N) is 1. The number of methoxy groups -OCH3 is 1. The minimum atomic E-state index is 0.546. The third-order valence-corrected chi connectivity index (χ3v) is 4.25. The fourth-order valence-electron chi connectivity index (χ4n) is 2.92. The first-order valence-corrected chi connectivity index (χ1v) is 7.96. The van der Waals surface area contributed by atoms with Gasteiger partial charge in [-0.3, -0.25) is 9.78 Å². The van der Waals surface area contributed by atoms with Gasteiger partial charge in [0.15, 0.2) is 17.1 Å². The van der Waals surface area contributed by atoms with E-state index in [2.05, 4.69) is 30.4 Å². The maximum absolute atomic E-state index is 5.27. The maximum atomic E-state index is 5.27. The van der Waals surface area contributed by atoms with Crippen molar-refractivity contribution in [1.29, 1.82) is 0 Å². The van der Waals surface area contributed by atoms with Gasteiger partial charge in [-0.15, -0.1) is 5.10 Å². The molecule has 0 aliphatic rings. The molecule has 4 aromatic heterocycles. The highest BCUT2D eigenvalue weighted by molar-refractivity contribution is 5.88. The van der Waals surface area contributed by atoms with Crippen molar-refractivity contribution in [2.75, 3.05) is 7.11 Å². The molecule has 5 aromatic rings. The summed E-state index contributed by atoms with van der Waals surface area (Å²) in [7, 11) is 3.49. The summed E-state index contributed by atoms with van der Waals surface area (Å²) in [5, 5.41) is 16.9. The van der Waals surface area contributed by atoms with E-state index >= 15 is 0 Å². The molecule has 128 valence electrons. The number of ether oxygens (including phenoxy) is 1. The van der Waals surface area contributed by atoms with Crippen molar-refractivity contribution in [2.24, 2.45) is 7.05 Å². The van der Waals surface area contributed by atoms with Gasteiger partial charge in [-0.2, -0.15) is 10.2 Å². The Balaban J connectivity index is 1.60. The number of rotatable bonds is 3. The molecule has 0 unspecified atom stereocenters. The van der Waals surface area contributed by atoms with Crippen molar-refractivity contribution >= 4 is 16.7 Å². The lowest BCUT2D eigenvalue weighted by Gasteiger charge is -2.00. The molecular weight excluding hydrogens is 332 g/mol. The summed E-state index contributed by atoms with van der Waals surface area (Å²) in [6.07, 6.45) is 3.37. The number of nitrogens with zero attached hydrogens (tertiary/aromatic N) is 7. The molecule has 0 saturated carbocycles. The van der Waals surface area contributed by atoms with Crippen LogP contribution >= 0.6 is 0 Å². The van der Waals surface area contributed by atoms with Gasteiger partial charge in [0, 0.05) is 12.6 Å². The molecule has 0 bridgehead atoms. The van der Waals surface area contributed by atoms with Crippen LogP contribution < -0.4 is 4.74 Å². The summed E-state index contributed by atoms with van der Waals surface area (Å²) in [4.78, 5) is 9.00. The number of hydrogen-bond acceptors (Lipinski definition) is 6. The number of H-pyrrole nitrogens is 1. The number of benzene rings is 1. The molecule has 9 heteroatoms. The van der Waals surface area contributed by atoms with E-state index < -0.39 is 0 Å². The predicted octanol–water partition coefficient (Wildman–Crippen LogP) is 2.08. The average molecular weight is 346 g/mol. The van der Waals surface area contributed by atoms with Crippen LogP contribution in [0, 0.1) is 0 Å². The topological polar surface area (TPSA) is 98.8 Å². The van der Waals surface area contributed by atoms with Gasteiger partial charge >= 0.3 is 0 Å². The van der Waals surface area contributed by atoms with Gasteiger partial charge in [0.25, 0.3) is 0 Å². The van der Waals surface area contributed by atoms with Gasteiger partial charge in [-0.25, -0.2) is 14.5 Å². The van der Waals surface area contributed by atoms with Crippen molar-refractivity contribution < 1.29 is 4.74 Å². The van der Waals surface area contributed by atoms with E-state index in [1.807, 2.05) is 37.4 Å². The zero-order valence-corrected chi connectivity index (χ0v) is 14.1. The molecule has 1 aromatic carbocycles. The van der Waals surface area contributed by atoms with Gasteiger partial charge in [-0.1, -0.05) is 12.1 Å². The summed E-state index contributed by atoms with van der Waals surface area (Å²) in [6, 6.07) is 9.64. The van der Waals surface area contributed by atoms with E-state index in [1.165, 1.54) is 0 Å². The molecule has 0 amide bonds.